The van der Waals surface area contributed by atoms with E-state index >= 15 is 0 Å². The average molecular weight is 514 g/mol. The highest BCUT2D eigenvalue weighted by molar-refractivity contribution is 14.0. The van der Waals surface area contributed by atoms with Gasteiger partial charge in [-0.25, -0.2) is 8.42 Å². The molecule has 1 fully saturated rings. The molecule has 1 N–H and O–H groups in total. The summed E-state index contributed by atoms with van der Waals surface area (Å²) in [6.45, 7) is 6.79. The molecule has 1 aliphatic rings. The van der Waals surface area contributed by atoms with E-state index in [9.17, 15) is 8.42 Å². The molecule has 156 valence electrons. The standard InChI is InChI=1S/C16H30N6O3S.HI/c1-14(2)25-9-10-26(23,24)22-7-5-21(6-8-22)16(17-3)18-11-15-12-19-20(4)13-15;/h12-14H,5-11H2,1-4H3,(H,17,18);1H. The van der Waals surface area contributed by atoms with E-state index in [-0.39, 0.29) is 42.4 Å². The Morgan fingerprint density at radius 3 is 2.52 bits per heavy atom. The zero-order valence-electron chi connectivity index (χ0n) is 16.5. The molecule has 27 heavy (non-hydrogen) atoms. The number of sulfonamides is 1. The predicted octanol–water partition coefficient (Wildman–Crippen LogP) is 0.486. The van der Waals surface area contributed by atoms with E-state index in [0.717, 1.165) is 11.5 Å². The topological polar surface area (TPSA) is 92.1 Å². The zero-order valence-corrected chi connectivity index (χ0v) is 19.6. The van der Waals surface area contributed by atoms with Crippen molar-refractivity contribution >= 4 is 40.0 Å². The first-order chi connectivity index (χ1) is 12.3. The quantitative estimate of drug-likeness (QED) is 0.324. The molecule has 0 radical (unpaired) electrons. The maximum atomic E-state index is 12.4. The van der Waals surface area contributed by atoms with Crippen LogP contribution in [0.25, 0.3) is 0 Å². The number of hydrogen-bond donors (Lipinski definition) is 1. The molecule has 9 nitrogen and oxygen atoms in total. The Bertz CT molecular complexity index is 699. The number of nitrogens with zero attached hydrogens (tertiary/aromatic N) is 5. The number of rotatable bonds is 7. The molecule has 0 bridgehead atoms. The number of piperazine rings is 1. The van der Waals surface area contributed by atoms with Crippen LogP contribution in [-0.4, -0.2) is 85.1 Å². The van der Waals surface area contributed by atoms with Crippen LogP contribution in [0, 0.1) is 0 Å². The maximum Gasteiger partial charge on any atom is 0.216 e. The highest BCUT2D eigenvalue weighted by atomic mass is 127. The summed E-state index contributed by atoms with van der Waals surface area (Å²) in [5.74, 6) is 0.799. The second kappa shape index (κ2) is 11.2. The van der Waals surface area contributed by atoms with Crippen LogP contribution in [0.2, 0.25) is 0 Å². The minimum atomic E-state index is -3.28. The van der Waals surface area contributed by atoms with Crippen LogP contribution in [0.5, 0.6) is 0 Å². The van der Waals surface area contributed by atoms with E-state index in [1.807, 2.05) is 33.3 Å². The third kappa shape index (κ3) is 7.54. The van der Waals surface area contributed by atoms with Crippen LogP contribution in [0.4, 0.5) is 0 Å². The minimum Gasteiger partial charge on any atom is -0.378 e. The second-order valence-corrected chi connectivity index (χ2v) is 8.63. The van der Waals surface area contributed by atoms with Crippen molar-refractivity contribution in [3.05, 3.63) is 18.0 Å². The number of aryl methyl sites for hydroxylation is 1. The Morgan fingerprint density at radius 2 is 2.00 bits per heavy atom. The Morgan fingerprint density at radius 1 is 1.33 bits per heavy atom. The molecule has 2 heterocycles. The van der Waals surface area contributed by atoms with Crippen LogP contribution in [0.15, 0.2) is 17.4 Å². The van der Waals surface area contributed by atoms with Crippen molar-refractivity contribution in [3.8, 4) is 0 Å². The lowest BCUT2D eigenvalue weighted by Crippen LogP contribution is -2.54. The van der Waals surface area contributed by atoms with Crippen LogP contribution in [-0.2, 0) is 28.4 Å². The maximum absolute atomic E-state index is 12.4. The summed E-state index contributed by atoms with van der Waals surface area (Å²) in [6.07, 6.45) is 3.80. The van der Waals surface area contributed by atoms with Gasteiger partial charge in [0.25, 0.3) is 0 Å². The molecule has 0 amide bonds. The molecule has 0 saturated carbocycles. The van der Waals surface area contributed by atoms with Crippen molar-refractivity contribution < 1.29 is 13.2 Å². The fourth-order valence-electron chi connectivity index (χ4n) is 2.77. The molecular formula is C16H31IN6O3S. The van der Waals surface area contributed by atoms with Gasteiger partial charge in [0.15, 0.2) is 5.96 Å². The highest BCUT2D eigenvalue weighted by Crippen LogP contribution is 2.09. The molecule has 2 rings (SSSR count). The second-order valence-electron chi connectivity index (χ2n) is 6.54. The van der Waals surface area contributed by atoms with Crippen LogP contribution in [0.1, 0.15) is 19.4 Å². The molecule has 11 heteroatoms. The third-order valence-electron chi connectivity index (χ3n) is 4.14. The van der Waals surface area contributed by atoms with Crippen molar-refractivity contribution in [2.45, 2.75) is 26.5 Å². The summed E-state index contributed by atoms with van der Waals surface area (Å²) in [5, 5.41) is 7.45. The summed E-state index contributed by atoms with van der Waals surface area (Å²) < 4.78 is 33.5. The van der Waals surface area contributed by atoms with E-state index < -0.39 is 10.0 Å². The summed E-state index contributed by atoms with van der Waals surface area (Å²) in [7, 11) is 0.336. The monoisotopic (exact) mass is 514 g/mol. The van der Waals surface area contributed by atoms with Gasteiger partial charge in [0.2, 0.25) is 10.0 Å². The molecule has 1 aromatic rings. The molecule has 1 aliphatic heterocycles. The Hall–Kier alpha value is -0.920. The Labute approximate surface area is 179 Å². The largest absolute Gasteiger partial charge is 0.378 e. The van der Waals surface area contributed by atoms with Crippen molar-refractivity contribution in [1.82, 2.24) is 24.3 Å². The fourth-order valence-corrected chi connectivity index (χ4v) is 4.06. The number of aromatic nitrogens is 2. The highest BCUT2D eigenvalue weighted by Gasteiger charge is 2.27. The number of ether oxygens (including phenoxy) is 1. The lowest BCUT2D eigenvalue weighted by atomic mass is 10.3. The summed E-state index contributed by atoms with van der Waals surface area (Å²) >= 11 is 0. The van der Waals surface area contributed by atoms with Gasteiger partial charge >= 0.3 is 0 Å². The summed E-state index contributed by atoms with van der Waals surface area (Å²) in [6, 6.07) is 0. The van der Waals surface area contributed by atoms with Crippen molar-refractivity contribution in [2.24, 2.45) is 12.0 Å². The minimum absolute atomic E-state index is 0. The van der Waals surface area contributed by atoms with Crippen LogP contribution < -0.4 is 5.32 Å². The van der Waals surface area contributed by atoms with Crippen molar-refractivity contribution in [1.29, 1.82) is 0 Å². The first kappa shape index (κ1) is 24.1. The number of nitrogens with one attached hydrogen (secondary N) is 1. The zero-order chi connectivity index (χ0) is 19.2. The van der Waals surface area contributed by atoms with Gasteiger partial charge < -0.3 is 15.0 Å². The molecule has 0 aromatic carbocycles. The average Bonchev–Trinajstić information content (AvgIpc) is 3.01. The van der Waals surface area contributed by atoms with Gasteiger partial charge in [0.1, 0.15) is 0 Å². The smallest absolute Gasteiger partial charge is 0.216 e. The van der Waals surface area contributed by atoms with E-state index in [0.29, 0.717) is 32.7 Å². The number of hydrogen-bond acceptors (Lipinski definition) is 5. The van der Waals surface area contributed by atoms with Crippen LogP contribution in [0.3, 0.4) is 0 Å². The molecule has 0 unspecified atom stereocenters. The third-order valence-corrected chi connectivity index (χ3v) is 5.98. The predicted molar refractivity (Wildman–Crippen MR) is 117 cm³/mol. The van der Waals surface area contributed by atoms with Gasteiger partial charge in [-0.05, 0) is 13.8 Å². The van der Waals surface area contributed by atoms with Gasteiger partial charge in [-0.15, -0.1) is 24.0 Å². The number of aliphatic imine (C=N–C) groups is 1. The van der Waals surface area contributed by atoms with E-state index in [2.05, 4.69) is 20.3 Å². The van der Waals surface area contributed by atoms with Gasteiger partial charge in [0.05, 0.1) is 24.7 Å². The van der Waals surface area contributed by atoms with Gasteiger partial charge in [0, 0.05) is 58.6 Å². The molecule has 1 saturated heterocycles. The molecule has 0 spiro atoms. The Balaban J connectivity index is 0.00000364. The van der Waals surface area contributed by atoms with Gasteiger partial charge in [-0.3, -0.25) is 9.67 Å². The van der Waals surface area contributed by atoms with Crippen molar-refractivity contribution in [2.75, 3.05) is 45.6 Å². The molecule has 0 aliphatic carbocycles. The number of halogens is 1. The Kier molecular flexibility index (Phi) is 9.98. The number of guanidine groups is 1. The fraction of sp³-hybridized carbons (Fsp3) is 0.750. The summed E-state index contributed by atoms with van der Waals surface area (Å²) in [5.41, 5.74) is 1.07. The van der Waals surface area contributed by atoms with Crippen molar-refractivity contribution in [3.63, 3.8) is 0 Å². The van der Waals surface area contributed by atoms with E-state index in [4.69, 9.17) is 4.74 Å². The van der Waals surface area contributed by atoms with E-state index in [1.54, 1.807) is 16.0 Å². The lowest BCUT2D eigenvalue weighted by Gasteiger charge is -2.35. The SMILES string of the molecule is CN=C(NCc1cnn(C)c1)N1CCN(S(=O)(=O)CCOC(C)C)CC1.I. The normalized spacial score (nSPS) is 16.5. The van der Waals surface area contributed by atoms with Gasteiger partial charge in [-0.2, -0.15) is 9.40 Å². The van der Waals surface area contributed by atoms with E-state index in [1.165, 1.54) is 0 Å². The molecular weight excluding hydrogens is 483 g/mol. The molecule has 1 aromatic heterocycles. The van der Waals surface area contributed by atoms with Crippen LogP contribution >= 0.6 is 24.0 Å². The lowest BCUT2D eigenvalue weighted by molar-refractivity contribution is 0.0904. The van der Waals surface area contributed by atoms with Gasteiger partial charge in [-0.1, -0.05) is 0 Å². The first-order valence-corrected chi connectivity index (χ1v) is 10.5. The molecule has 0 atom stereocenters. The first-order valence-electron chi connectivity index (χ1n) is 8.84. The summed E-state index contributed by atoms with van der Waals surface area (Å²) in [4.78, 5) is 6.38.